The molecule has 4 fully saturated rings. The number of carbonyl (C=O) groups is 1. The molecular formula is C16H19BrF3N3O. The number of carbonyl (C=O) groups excluding carboxylic acids is 1. The fraction of sp³-hybridized carbons (Fsp3) is 0.750. The van der Waals surface area contributed by atoms with Gasteiger partial charge in [0.25, 0.3) is 5.91 Å². The lowest BCUT2D eigenvalue weighted by molar-refractivity contribution is -0.144. The molecule has 0 aromatic carbocycles. The van der Waals surface area contributed by atoms with Crippen molar-refractivity contribution in [2.45, 2.75) is 50.2 Å². The molecule has 4 aliphatic rings. The fourth-order valence-electron chi connectivity index (χ4n) is 5.51. The molecule has 4 saturated carbocycles. The molecule has 4 bridgehead atoms. The van der Waals surface area contributed by atoms with Crippen LogP contribution >= 0.6 is 15.9 Å². The van der Waals surface area contributed by atoms with Crippen LogP contribution in [-0.4, -0.2) is 21.2 Å². The van der Waals surface area contributed by atoms with Crippen molar-refractivity contribution in [3.05, 3.63) is 15.9 Å². The number of hydrogen-bond acceptors (Lipinski definition) is 2. The van der Waals surface area contributed by atoms with Crippen LogP contribution in [0.1, 0.15) is 54.7 Å². The van der Waals surface area contributed by atoms with Crippen LogP contribution in [0.15, 0.2) is 4.47 Å². The summed E-state index contributed by atoms with van der Waals surface area (Å²) in [5.74, 6) is 1.44. The molecule has 1 aromatic heterocycles. The Balaban J connectivity index is 1.59. The Morgan fingerprint density at radius 3 is 2.12 bits per heavy atom. The minimum absolute atomic E-state index is 0.180. The molecule has 0 saturated heterocycles. The summed E-state index contributed by atoms with van der Waals surface area (Å²) in [7, 11) is 1.20. The van der Waals surface area contributed by atoms with Crippen molar-refractivity contribution < 1.29 is 18.0 Å². The number of hydrogen-bond donors (Lipinski definition) is 1. The molecule has 1 amide bonds. The van der Waals surface area contributed by atoms with Crippen LogP contribution in [0.3, 0.4) is 0 Å². The van der Waals surface area contributed by atoms with E-state index in [1.807, 2.05) is 0 Å². The van der Waals surface area contributed by atoms with Crippen LogP contribution in [0.2, 0.25) is 0 Å². The Morgan fingerprint density at radius 2 is 1.71 bits per heavy atom. The molecule has 0 atom stereocenters. The van der Waals surface area contributed by atoms with Crippen molar-refractivity contribution in [2.75, 3.05) is 0 Å². The second-order valence-electron chi connectivity index (χ2n) is 7.78. The summed E-state index contributed by atoms with van der Waals surface area (Å²) in [6, 6.07) is 0. The summed E-state index contributed by atoms with van der Waals surface area (Å²) >= 11 is 2.93. The van der Waals surface area contributed by atoms with Gasteiger partial charge in [-0.25, -0.2) is 0 Å². The maximum absolute atomic E-state index is 13.1. The Bertz CT molecular complexity index is 662. The number of alkyl halides is 3. The molecule has 4 nitrogen and oxygen atoms in total. The monoisotopic (exact) mass is 405 g/mol. The molecule has 24 heavy (non-hydrogen) atoms. The second-order valence-corrected chi connectivity index (χ2v) is 8.58. The van der Waals surface area contributed by atoms with E-state index in [1.54, 1.807) is 0 Å². The third-order valence-electron chi connectivity index (χ3n) is 5.89. The lowest BCUT2D eigenvalue weighted by atomic mass is 9.53. The van der Waals surface area contributed by atoms with Gasteiger partial charge in [0, 0.05) is 12.6 Å². The molecule has 0 unspecified atom stereocenters. The Kier molecular flexibility index (Phi) is 3.57. The van der Waals surface area contributed by atoms with Crippen LogP contribution in [0.4, 0.5) is 13.2 Å². The van der Waals surface area contributed by atoms with Crippen molar-refractivity contribution in [3.63, 3.8) is 0 Å². The topological polar surface area (TPSA) is 46.9 Å². The smallest absolute Gasteiger partial charge is 0.345 e. The molecule has 4 aliphatic carbocycles. The molecule has 0 aliphatic heterocycles. The van der Waals surface area contributed by atoms with E-state index in [2.05, 4.69) is 26.3 Å². The number of nitrogens with zero attached hydrogens (tertiary/aromatic N) is 2. The number of aromatic nitrogens is 2. The highest BCUT2D eigenvalue weighted by atomic mass is 79.9. The van der Waals surface area contributed by atoms with Gasteiger partial charge in [-0.3, -0.25) is 9.48 Å². The maximum atomic E-state index is 13.1. The van der Waals surface area contributed by atoms with Crippen LogP contribution in [-0.2, 0) is 13.2 Å². The van der Waals surface area contributed by atoms with Gasteiger partial charge < -0.3 is 5.32 Å². The summed E-state index contributed by atoms with van der Waals surface area (Å²) in [6.07, 6.45) is 1.99. The lowest BCUT2D eigenvalue weighted by Crippen LogP contribution is -2.59. The first-order valence-electron chi connectivity index (χ1n) is 8.29. The maximum Gasteiger partial charge on any atom is 0.434 e. The van der Waals surface area contributed by atoms with Gasteiger partial charge in [-0.2, -0.15) is 18.3 Å². The summed E-state index contributed by atoms with van der Waals surface area (Å²) < 4.78 is 39.7. The largest absolute Gasteiger partial charge is 0.434 e. The van der Waals surface area contributed by atoms with E-state index >= 15 is 0 Å². The SMILES string of the molecule is Cn1nc(C(=O)NC23CC4CC(CC(C4)C2)C3)c(Br)c1C(F)(F)F. The third-order valence-corrected chi connectivity index (χ3v) is 6.64. The molecule has 0 spiro atoms. The minimum atomic E-state index is -4.56. The first-order valence-corrected chi connectivity index (χ1v) is 9.08. The van der Waals surface area contributed by atoms with Gasteiger partial charge in [0.2, 0.25) is 0 Å². The van der Waals surface area contributed by atoms with Gasteiger partial charge >= 0.3 is 6.18 Å². The summed E-state index contributed by atoms with van der Waals surface area (Å²) in [6.45, 7) is 0. The molecular weight excluding hydrogens is 387 g/mol. The molecule has 0 radical (unpaired) electrons. The molecule has 132 valence electrons. The van der Waals surface area contributed by atoms with E-state index in [4.69, 9.17) is 0 Å². The Hall–Kier alpha value is -1.05. The Labute approximate surface area is 146 Å². The molecule has 1 N–H and O–H groups in total. The number of halogens is 4. The highest BCUT2D eigenvalue weighted by Gasteiger charge is 2.52. The highest BCUT2D eigenvalue weighted by molar-refractivity contribution is 9.10. The van der Waals surface area contributed by atoms with E-state index in [-0.39, 0.29) is 15.7 Å². The number of amides is 1. The van der Waals surface area contributed by atoms with Crippen LogP contribution in [0.25, 0.3) is 0 Å². The number of rotatable bonds is 2. The quantitative estimate of drug-likeness (QED) is 0.810. The van der Waals surface area contributed by atoms with Gasteiger partial charge in [0.1, 0.15) is 0 Å². The predicted molar refractivity (Wildman–Crippen MR) is 84.3 cm³/mol. The first kappa shape index (κ1) is 16.4. The fourth-order valence-corrected chi connectivity index (χ4v) is 6.26. The highest BCUT2D eigenvalue weighted by Crippen LogP contribution is 2.55. The lowest BCUT2D eigenvalue weighted by Gasteiger charge is -2.56. The zero-order chi connectivity index (χ0) is 17.3. The minimum Gasteiger partial charge on any atom is -0.345 e. The summed E-state index contributed by atoms with van der Waals surface area (Å²) in [4.78, 5) is 12.7. The second kappa shape index (κ2) is 5.22. The van der Waals surface area contributed by atoms with Crippen LogP contribution < -0.4 is 5.32 Å². The van der Waals surface area contributed by atoms with E-state index in [1.165, 1.54) is 26.3 Å². The molecule has 1 heterocycles. The summed E-state index contributed by atoms with van der Waals surface area (Å²) in [5.41, 5.74) is -1.36. The van der Waals surface area contributed by atoms with Crippen LogP contribution in [0.5, 0.6) is 0 Å². The normalized spacial score (nSPS) is 34.6. The van der Waals surface area contributed by atoms with Crippen molar-refractivity contribution in [2.24, 2.45) is 24.8 Å². The zero-order valence-corrected chi connectivity index (χ0v) is 14.9. The van der Waals surface area contributed by atoms with E-state index in [0.29, 0.717) is 17.8 Å². The molecule has 8 heteroatoms. The standard InChI is InChI=1S/C16H19BrF3N3O/c1-23-13(16(18,19)20)11(17)12(22-23)14(24)21-15-5-8-2-9(6-15)4-10(3-8)7-15/h8-10H,2-7H2,1H3,(H,21,24). The predicted octanol–water partition coefficient (Wildman–Crippen LogP) is 3.90. The van der Waals surface area contributed by atoms with E-state index in [0.717, 1.165) is 23.9 Å². The Morgan fingerprint density at radius 1 is 1.21 bits per heavy atom. The van der Waals surface area contributed by atoms with Gasteiger partial charge in [0.05, 0.1) is 4.47 Å². The molecule has 1 aromatic rings. The molecule has 5 rings (SSSR count). The van der Waals surface area contributed by atoms with Crippen molar-refractivity contribution in [3.8, 4) is 0 Å². The van der Waals surface area contributed by atoms with Gasteiger partial charge in [-0.1, -0.05) is 0 Å². The van der Waals surface area contributed by atoms with Gasteiger partial charge in [-0.15, -0.1) is 0 Å². The summed E-state index contributed by atoms with van der Waals surface area (Å²) in [5, 5.41) is 6.87. The zero-order valence-electron chi connectivity index (χ0n) is 13.3. The van der Waals surface area contributed by atoms with E-state index < -0.39 is 17.8 Å². The third kappa shape index (κ3) is 2.57. The average Bonchev–Trinajstić information content (AvgIpc) is 2.71. The van der Waals surface area contributed by atoms with Crippen molar-refractivity contribution >= 4 is 21.8 Å². The average molecular weight is 406 g/mol. The number of aryl methyl sites for hydroxylation is 1. The van der Waals surface area contributed by atoms with Crippen molar-refractivity contribution in [1.29, 1.82) is 0 Å². The number of nitrogens with one attached hydrogen (secondary N) is 1. The van der Waals surface area contributed by atoms with Gasteiger partial charge in [0.15, 0.2) is 11.4 Å². The first-order chi connectivity index (χ1) is 11.2. The van der Waals surface area contributed by atoms with E-state index in [9.17, 15) is 18.0 Å². The van der Waals surface area contributed by atoms with Crippen LogP contribution in [0, 0.1) is 17.8 Å². The van der Waals surface area contributed by atoms with Crippen molar-refractivity contribution in [1.82, 2.24) is 15.1 Å². The van der Waals surface area contributed by atoms with Gasteiger partial charge in [-0.05, 0) is 72.2 Å².